The number of hydrogen-bond donors (Lipinski definition) is 1. The Morgan fingerprint density at radius 3 is 2.80 bits per heavy atom. The number of ether oxygens (including phenoxy) is 1. The minimum absolute atomic E-state index is 0.0788. The van der Waals surface area contributed by atoms with Crippen molar-refractivity contribution < 1.29 is 14.3 Å². The number of alkyl halides is 2. The lowest BCUT2D eigenvalue weighted by Gasteiger charge is -2.13. The van der Waals surface area contributed by atoms with Gasteiger partial charge in [0.25, 0.3) is 0 Å². The first kappa shape index (κ1) is 11.4. The summed E-state index contributed by atoms with van der Waals surface area (Å²) in [7, 11) is 0. The van der Waals surface area contributed by atoms with Crippen LogP contribution in [0.3, 0.4) is 0 Å². The molecule has 6 heteroatoms. The lowest BCUT2D eigenvalue weighted by atomic mass is 9.99. The number of nitrogens with one attached hydrogen (secondary N) is 1. The maximum absolute atomic E-state index is 11.5. The largest absolute Gasteiger partial charge is 0.459 e. The smallest absolute Gasteiger partial charge is 0.329 e. The van der Waals surface area contributed by atoms with Crippen LogP contribution in [0.4, 0.5) is 0 Å². The zero-order chi connectivity index (χ0) is 11.2. The van der Waals surface area contributed by atoms with Crippen molar-refractivity contribution in [3.05, 3.63) is 0 Å². The summed E-state index contributed by atoms with van der Waals surface area (Å²) in [5, 5.41) is 2.65. The Balaban J connectivity index is 2.13. The molecule has 5 atom stereocenters. The van der Waals surface area contributed by atoms with Crippen LogP contribution in [0.5, 0.6) is 0 Å². The van der Waals surface area contributed by atoms with Crippen LogP contribution in [0.1, 0.15) is 13.3 Å². The number of carbonyl (C=O) groups excluding carboxylic acids is 2. The number of hydrogen-bond acceptors (Lipinski definition) is 3. The van der Waals surface area contributed by atoms with Gasteiger partial charge in [0.1, 0.15) is 12.1 Å². The molecule has 0 spiro atoms. The van der Waals surface area contributed by atoms with Crippen LogP contribution in [0, 0.1) is 5.92 Å². The van der Waals surface area contributed by atoms with Gasteiger partial charge < -0.3 is 10.1 Å². The van der Waals surface area contributed by atoms with Gasteiger partial charge in [-0.25, -0.2) is 4.79 Å². The fourth-order valence-corrected chi connectivity index (χ4v) is 3.66. The first-order valence-corrected chi connectivity index (χ1v) is 6.59. The highest BCUT2D eigenvalue weighted by atomic mass is 79.9. The van der Waals surface area contributed by atoms with Crippen LogP contribution in [0.25, 0.3) is 0 Å². The van der Waals surface area contributed by atoms with E-state index < -0.39 is 6.04 Å². The van der Waals surface area contributed by atoms with E-state index in [0.717, 1.165) is 6.42 Å². The molecule has 84 valence electrons. The SMILES string of the molecule is CC(=O)N[C@H]1C(=O)O[C@H]2[C@H](Br)[C@@H](Br)C[C@H]21. The van der Waals surface area contributed by atoms with Gasteiger partial charge in [-0.15, -0.1) is 0 Å². The van der Waals surface area contributed by atoms with Gasteiger partial charge in [-0.2, -0.15) is 0 Å². The van der Waals surface area contributed by atoms with E-state index in [4.69, 9.17) is 4.74 Å². The summed E-state index contributed by atoms with van der Waals surface area (Å²) in [6.07, 6.45) is 0.704. The van der Waals surface area contributed by atoms with Crippen molar-refractivity contribution in [2.75, 3.05) is 0 Å². The summed E-state index contributed by atoms with van der Waals surface area (Å²) in [5.41, 5.74) is 0. The van der Waals surface area contributed by atoms with E-state index in [1.807, 2.05) is 0 Å². The topological polar surface area (TPSA) is 55.4 Å². The van der Waals surface area contributed by atoms with E-state index in [1.165, 1.54) is 6.92 Å². The predicted molar refractivity (Wildman–Crippen MR) is 61.0 cm³/mol. The second-order valence-corrected chi connectivity index (χ2v) is 6.17. The third-order valence-electron chi connectivity index (χ3n) is 2.87. The molecule has 0 unspecified atom stereocenters. The Kier molecular flexibility index (Phi) is 3.07. The molecule has 0 aromatic heterocycles. The van der Waals surface area contributed by atoms with E-state index in [9.17, 15) is 9.59 Å². The van der Waals surface area contributed by atoms with E-state index in [-0.39, 0.29) is 33.6 Å². The highest BCUT2D eigenvalue weighted by Crippen LogP contribution is 2.43. The summed E-state index contributed by atoms with van der Waals surface area (Å²) in [5.74, 6) is -0.430. The minimum atomic E-state index is -0.477. The van der Waals surface area contributed by atoms with Gasteiger partial charge in [-0.3, -0.25) is 4.79 Å². The average molecular weight is 341 g/mol. The summed E-state index contributed by atoms with van der Waals surface area (Å²) in [6, 6.07) is -0.477. The molecular weight excluding hydrogens is 330 g/mol. The van der Waals surface area contributed by atoms with Gasteiger partial charge in [0, 0.05) is 17.7 Å². The van der Waals surface area contributed by atoms with Crippen molar-refractivity contribution in [2.45, 2.75) is 35.1 Å². The highest BCUT2D eigenvalue weighted by molar-refractivity contribution is 9.12. The number of amides is 1. The maximum atomic E-state index is 11.5. The summed E-state index contributed by atoms with van der Waals surface area (Å²) in [6.45, 7) is 1.41. The molecule has 0 radical (unpaired) electrons. The van der Waals surface area contributed by atoms with Crippen molar-refractivity contribution in [3.8, 4) is 0 Å². The lowest BCUT2D eigenvalue weighted by Crippen LogP contribution is -2.41. The van der Waals surface area contributed by atoms with E-state index in [2.05, 4.69) is 37.2 Å². The van der Waals surface area contributed by atoms with Crippen molar-refractivity contribution in [1.82, 2.24) is 5.32 Å². The first-order chi connectivity index (χ1) is 7.00. The van der Waals surface area contributed by atoms with E-state index in [1.54, 1.807) is 0 Å². The fraction of sp³-hybridized carbons (Fsp3) is 0.778. The van der Waals surface area contributed by atoms with Crippen LogP contribution in [-0.2, 0) is 14.3 Å². The number of halogens is 2. The van der Waals surface area contributed by atoms with Crippen LogP contribution in [-0.4, -0.2) is 33.7 Å². The summed E-state index contributed by atoms with van der Waals surface area (Å²) < 4.78 is 5.25. The molecule has 15 heavy (non-hydrogen) atoms. The van der Waals surface area contributed by atoms with Gasteiger partial charge in [0.15, 0.2) is 0 Å². The molecular formula is C9H11Br2NO3. The van der Waals surface area contributed by atoms with Crippen molar-refractivity contribution in [3.63, 3.8) is 0 Å². The van der Waals surface area contributed by atoms with Gasteiger partial charge in [-0.05, 0) is 6.42 Å². The van der Waals surface area contributed by atoms with Crippen molar-refractivity contribution in [2.24, 2.45) is 5.92 Å². The third kappa shape index (κ3) is 1.93. The second-order valence-electron chi connectivity index (χ2n) is 3.94. The van der Waals surface area contributed by atoms with Crippen LogP contribution < -0.4 is 5.32 Å². The predicted octanol–water partition coefficient (Wildman–Crippen LogP) is 0.963. The van der Waals surface area contributed by atoms with Crippen LogP contribution in [0.15, 0.2) is 0 Å². The quantitative estimate of drug-likeness (QED) is 0.571. The van der Waals surface area contributed by atoms with Gasteiger partial charge >= 0.3 is 5.97 Å². The maximum Gasteiger partial charge on any atom is 0.329 e. The molecule has 2 aliphatic rings. The number of carbonyl (C=O) groups is 2. The molecule has 2 fully saturated rings. The molecule has 1 saturated heterocycles. The Hall–Kier alpha value is -0.100. The molecule has 1 heterocycles. The van der Waals surface area contributed by atoms with Gasteiger partial charge in [-0.1, -0.05) is 31.9 Å². The molecule has 0 aromatic carbocycles. The molecule has 1 aliphatic heterocycles. The molecule has 1 saturated carbocycles. The van der Waals surface area contributed by atoms with Gasteiger partial charge in [0.05, 0.1) is 4.83 Å². The monoisotopic (exact) mass is 339 g/mol. The molecule has 1 N–H and O–H groups in total. The first-order valence-electron chi connectivity index (χ1n) is 4.76. The Labute approximate surface area is 104 Å². The zero-order valence-corrected chi connectivity index (χ0v) is 11.2. The second kappa shape index (κ2) is 4.05. The third-order valence-corrected chi connectivity index (χ3v) is 5.68. The summed E-state index contributed by atoms with van der Waals surface area (Å²) in [4.78, 5) is 22.9. The lowest BCUT2D eigenvalue weighted by molar-refractivity contribution is -0.144. The molecule has 0 aromatic rings. The Morgan fingerprint density at radius 2 is 2.20 bits per heavy atom. The number of fused-ring (bicyclic) bond motifs is 1. The Morgan fingerprint density at radius 1 is 1.53 bits per heavy atom. The summed E-state index contributed by atoms with van der Waals surface area (Å²) >= 11 is 7.02. The normalized spacial score (nSPS) is 43.7. The standard InChI is InChI=1S/C9H11Br2NO3/c1-3(13)12-7-4-2-5(10)6(11)8(4)15-9(7)14/h4-8H,2H2,1H3,(H,12,13)/t4-,5-,6+,7+,8+/m0/s1. The molecule has 2 rings (SSSR count). The zero-order valence-electron chi connectivity index (χ0n) is 8.07. The van der Waals surface area contributed by atoms with E-state index >= 15 is 0 Å². The number of rotatable bonds is 1. The van der Waals surface area contributed by atoms with Crippen LogP contribution in [0.2, 0.25) is 0 Å². The van der Waals surface area contributed by atoms with Gasteiger partial charge in [0.2, 0.25) is 5.91 Å². The van der Waals surface area contributed by atoms with Crippen LogP contribution >= 0.6 is 31.9 Å². The highest BCUT2D eigenvalue weighted by Gasteiger charge is 2.54. The van der Waals surface area contributed by atoms with Crippen molar-refractivity contribution >= 4 is 43.7 Å². The number of esters is 1. The molecule has 1 amide bonds. The minimum Gasteiger partial charge on any atom is -0.459 e. The molecule has 1 aliphatic carbocycles. The van der Waals surface area contributed by atoms with E-state index in [0.29, 0.717) is 0 Å². The average Bonchev–Trinajstić information content (AvgIpc) is 2.56. The molecule has 4 nitrogen and oxygen atoms in total. The van der Waals surface area contributed by atoms with Crippen molar-refractivity contribution in [1.29, 1.82) is 0 Å². The Bertz CT molecular complexity index is 310. The fourth-order valence-electron chi connectivity index (χ4n) is 2.21. The molecule has 0 bridgehead atoms.